The molecule has 1 saturated carbocycles. The second-order valence-corrected chi connectivity index (χ2v) is 15.5. The van der Waals surface area contributed by atoms with E-state index in [4.69, 9.17) is 19.4 Å². The van der Waals surface area contributed by atoms with Crippen LogP contribution in [-0.2, 0) is 9.59 Å². The van der Waals surface area contributed by atoms with Gasteiger partial charge in [0.1, 0.15) is 11.5 Å². The monoisotopic (exact) mass is 763 g/mol. The quantitative estimate of drug-likeness (QED) is 0.126. The summed E-state index contributed by atoms with van der Waals surface area (Å²) in [4.78, 5) is 28.3. The second kappa shape index (κ2) is 19.8. The fourth-order valence-electron chi connectivity index (χ4n) is 6.70. The fraction of sp³-hybridized carbons (Fsp3) is 0.244. The molecule has 4 aromatic rings. The summed E-state index contributed by atoms with van der Waals surface area (Å²) in [7, 11) is 1.79. The van der Waals surface area contributed by atoms with Gasteiger partial charge in [-0.1, -0.05) is 99.1 Å². The van der Waals surface area contributed by atoms with E-state index in [1.54, 1.807) is 48.5 Å². The van der Waals surface area contributed by atoms with Crippen LogP contribution >= 0.6 is 0 Å². The molecule has 6 rings (SSSR count). The lowest BCUT2D eigenvalue weighted by molar-refractivity contribution is -0.114. The third-order valence-electron chi connectivity index (χ3n) is 10.0. The highest BCUT2D eigenvalue weighted by Gasteiger charge is 2.34. The van der Waals surface area contributed by atoms with E-state index in [2.05, 4.69) is 25.7 Å². The maximum Gasteiger partial charge on any atom is 0.569 e. The number of allylic oxidation sites excluding steroid dienone is 2. The Balaban J connectivity index is 0.000000221. The van der Waals surface area contributed by atoms with Crippen LogP contribution in [0.2, 0.25) is 0 Å². The van der Waals surface area contributed by atoms with Crippen molar-refractivity contribution in [3.63, 3.8) is 0 Å². The summed E-state index contributed by atoms with van der Waals surface area (Å²) in [5.74, 6) is 1.50. The molecule has 0 spiro atoms. The van der Waals surface area contributed by atoms with Crippen molar-refractivity contribution in [2.24, 2.45) is 11.3 Å². The molecule has 1 aliphatic heterocycles. The van der Waals surface area contributed by atoms with Gasteiger partial charge in [0.25, 0.3) is 0 Å². The number of likely N-dealkylation sites (N-methyl/N-ethyl adjacent to an activating group) is 1. The number of hydrogen-bond donors (Lipinski definition) is 4. The highest BCUT2D eigenvalue weighted by atomic mass is 16.5. The molecule has 1 unspecified atom stereocenters. The normalized spacial score (nSPS) is 19.0. The standard InChI is InChI=1S/C24H27B2O5.C21H21BNO3/c1-24(2,3)20-14-18(12-16-4-8-21(9-5-16)26(29)30)23(27)19(15-20)13-17-6-10-22(11-7-17)31-25-28;1-15-3-5-16(6-4-15)11-18-13-23(2)14-19(21(18)24)12-17-7-9-20(10-8-17)26-22-25/h4-13,20,28-30H,14-15H2,1-3H3;3-12,25H,13-14H2,1-2H3/b18-12+,19-13+;18-11+,19-12+. The SMILES string of the molecule is CC(C)(C)C1C/C(=C\c2ccc(O[B]O)cc2)C(=O)/C(=C/c2ccc(B(O)O)cc2)C1.Cc1ccc(/C=C2\CN(C)C/C(=C\c3ccc(O[B]O)cc3)C2=O)cc1. The summed E-state index contributed by atoms with van der Waals surface area (Å²) in [6, 6.07) is 29.4. The maximum absolute atomic E-state index is 13.3. The number of benzene rings is 4. The average Bonchev–Trinajstić information content (AvgIpc) is 3.17. The topological polar surface area (TPSA) is 137 Å². The van der Waals surface area contributed by atoms with Crippen LogP contribution in [-0.4, -0.2) is 79.2 Å². The summed E-state index contributed by atoms with van der Waals surface area (Å²) < 4.78 is 9.85. The Hall–Kier alpha value is -5.23. The molecule has 57 heavy (non-hydrogen) atoms. The summed E-state index contributed by atoms with van der Waals surface area (Å²) in [6.45, 7) is 9.88. The van der Waals surface area contributed by atoms with Crippen LogP contribution in [0, 0.1) is 18.3 Å². The zero-order valence-corrected chi connectivity index (χ0v) is 33.1. The molecular formula is C45H48B3NO8. The van der Waals surface area contributed by atoms with Crippen molar-refractivity contribution >= 4 is 63.8 Å². The molecule has 9 nitrogen and oxygen atoms in total. The molecule has 2 radical (unpaired) electrons. The predicted molar refractivity (Wildman–Crippen MR) is 229 cm³/mol. The number of carbonyl (C=O) groups excluding carboxylic acids is 2. The van der Waals surface area contributed by atoms with Gasteiger partial charge in [0, 0.05) is 35.4 Å². The van der Waals surface area contributed by atoms with Crippen molar-refractivity contribution < 1.29 is 39.0 Å². The van der Waals surface area contributed by atoms with E-state index in [0.29, 0.717) is 64.2 Å². The van der Waals surface area contributed by atoms with Gasteiger partial charge in [-0.25, -0.2) is 0 Å². The highest BCUT2D eigenvalue weighted by molar-refractivity contribution is 6.58. The Kier molecular flexibility index (Phi) is 14.9. The first-order chi connectivity index (χ1) is 27.2. The average molecular weight is 763 g/mol. The molecule has 2 fully saturated rings. The first-order valence-electron chi connectivity index (χ1n) is 18.8. The maximum atomic E-state index is 13.3. The minimum Gasteiger partial charge on any atom is -0.537 e. The third kappa shape index (κ3) is 12.4. The number of nitrogens with zero attached hydrogens (tertiary/aromatic N) is 1. The number of ketones is 2. The van der Waals surface area contributed by atoms with Crippen LogP contribution in [0.15, 0.2) is 119 Å². The zero-order chi connectivity index (χ0) is 41.1. The summed E-state index contributed by atoms with van der Waals surface area (Å²) in [5.41, 5.74) is 8.43. The number of piperidine rings is 1. The van der Waals surface area contributed by atoms with Gasteiger partial charge in [-0.2, -0.15) is 0 Å². The minimum absolute atomic E-state index is 0.0378. The Morgan fingerprint density at radius 2 is 0.965 bits per heavy atom. The first kappa shape index (κ1) is 42.9. The smallest absolute Gasteiger partial charge is 0.537 e. The van der Waals surface area contributed by atoms with Crippen molar-refractivity contribution in [3.8, 4) is 11.5 Å². The van der Waals surface area contributed by atoms with Crippen molar-refractivity contribution in [1.29, 1.82) is 0 Å². The van der Waals surface area contributed by atoms with Gasteiger partial charge in [0.05, 0.1) is 0 Å². The number of likely N-dealkylation sites (tertiary alicyclic amines) is 1. The van der Waals surface area contributed by atoms with Crippen LogP contribution in [0.25, 0.3) is 24.3 Å². The van der Waals surface area contributed by atoms with E-state index in [0.717, 1.165) is 44.5 Å². The van der Waals surface area contributed by atoms with Gasteiger partial charge in [-0.05, 0) is 114 Å². The Labute approximate surface area is 337 Å². The zero-order valence-electron chi connectivity index (χ0n) is 33.1. The van der Waals surface area contributed by atoms with Gasteiger partial charge in [0.2, 0.25) is 0 Å². The van der Waals surface area contributed by atoms with Crippen LogP contribution in [0.4, 0.5) is 0 Å². The van der Waals surface area contributed by atoms with E-state index in [1.807, 2.05) is 86.8 Å². The van der Waals surface area contributed by atoms with Crippen LogP contribution in [0.5, 0.6) is 11.5 Å². The molecule has 4 N–H and O–H groups in total. The van der Waals surface area contributed by atoms with Crippen molar-refractivity contribution in [3.05, 3.63) is 147 Å². The molecule has 1 saturated heterocycles. The van der Waals surface area contributed by atoms with Gasteiger partial charge in [-0.3, -0.25) is 14.5 Å². The van der Waals surface area contributed by atoms with E-state index in [1.165, 1.54) is 5.56 Å². The third-order valence-corrected chi connectivity index (χ3v) is 10.0. The van der Waals surface area contributed by atoms with Gasteiger partial charge in [-0.15, -0.1) is 0 Å². The lowest BCUT2D eigenvalue weighted by atomic mass is 9.68. The van der Waals surface area contributed by atoms with Crippen LogP contribution < -0.4 is 14.8 Å². The van der Waals surface area contributed by atoms with Crippen LogP contribution in [0.3, 0.4) is 0 Å². The molecule has 1 aliphatic carbocycles. The first-order valence-corrected chi connectivity index (χ1v) is 18.8. The molecule has 4 aromatic carbocycles. The molecule has 2 aliphatic rings. The van der Waals surface area contributed by atoms with E-state index in [-0.39, 0.29) is 17.0 Å². The molecule has 0 amide bonds. The highest BCUT2D eigenvalue weighted by Crippen LogP contribution is 2.42. The molecule has 0 aromatic heterocycles. The number of aryl methyl sites for hydroxylation is 1. The van der Waals surface area contributed by atoms with Crippen molar-refractivity contribution in [2.75, 3.05) is 20.1 Å². The Morgan fingerprint density at radius 1 is 0.614 bits per heavy atom. The number of Topliss-reactive ketones (excluding diaryl/α,β-unsaturated/α-hetero) is 2. The number of hydrogen-bond acceptors (Lipinski definition) is 9. The molecule has 1 heterocycles. The van der Waals surface area contributed by atoms with E-state index >= 15 is 0 Å². The number of carbonyl (C=O) groups is 2. The minimum atomic E-state index is -1.51. The second-order valence-electron chi connectivity index (χ2n) is 15.5. The summed E-state index contributed by atoms with van der Waals surface area (Å²) in [6.07, 6.45) is 9.11. The van der Waals surface area contributed by atoms with Gasteiger partial charge >= 0.3 is 22.5 Å². The van der Waals surface area contributed by atoms with Crippen LogP contribution in [0.1, 0.15) is 61.4 Å². The molecule has 1 atom stereocenters. The van der Waals surface area contributed by atoms with Gasteiger partial charge in [0.15, 0.2) is 11.6 Å². The lowest BCUT2D eigenvalue weighted by Gasteiger charge is -2.35. The van der Waals surface area contributed by atoms with Crippen molar-refractivity contribution in [1.82, 2.24) is 4.90 Å². The summed E-state index contributed by atoms with van der Waals surface area (Å²) >= 11 is 0. The lowest BCUT2D eigenvalue weighted by Crippen LogP contribution is -2.34. The Bertz CT molecular complexity index is 2120. The number of rotatable bonds is 9. The fourth-order valence-corrected chi connectivity index (χ4v) is 6.70. The molecular weight excluding hydrogens is 715 g/mol. The van der Waals surface area contributed by atoms with Crippen molar-refractivity contribution in [2.45, 2.75) is 40.5 Å². The molecule has 290 valence electrons. The van der Waals surface area contributed by atoms with Gasteiger partial charge < -0.3 is 29.4 Å². The van der Waals surface area contributed by atoms with E-state index in [9.17, 15) is 19.6 Å². The molecule has 12 heteroatoms. The Morgan fingerprint density at radius 3 is 1.33 bits per heavy atom. The predicted octanol–water partition coefficient (Wildman–Crippen LogP) is 5.65. The largest absolute Gasteiger partial charge is 0.569 e. The molecule has 0 bridgehead atoms. The summed E-state index contributed by atoms with van der Waals surface area (Å²) in [5, 5.41) is 36.0. The van der Waals surface area contributed by atoms with E-state index < -0.39 is 7.12 Å².